The molecule has 1 amide bonds. The Morgan fingerprint density at radius 3 is 2.33 bits per heavy atom. The number of carbonyl (C=O) groups is 1. The van der Waals surface area contributed by atoms with Gasteiger partial charge in [-0.1, -0.05) is 29.3 Å². The van der Waals surface area contributed by atoms with Crippen molar-refractivity contribution < 1.29 is 17.9 Å². The predicted octanol–water partition coefficient (Wildman–Crippen LogP) is 3.56. The number of sulfone groups is 1. The van der Waals surface area contributed by atoms with Gasteiger partial charge in [-0.05, 0) is 42.0 Å². The average Bonchev–Trinajstić information content (AvgIpc) is 2.50. The van der Waals surface area contributed by atoms with Crippen LogP contribution in [-0.4, -0.2) is 27.2 Å². The molecule has 0 atom stereocenters. The van der Waals surface area contributed by atoms with Gasteiger partial charge in [0.25, 0.3) is 0 Å². The van der Waals surface area contributed by atoms with Gasteiger partial charge in [0.05, 0.1) is 22.9 Å². The van der Waals surface area contributed by atoms with Gasteiger partial charge in [-0.2, -0.15) is 0 Å². The van der Waals surface area contributed by atoms with E-state index < -0.39 is 21.5 Å². The van der Waals surface area contributed by atoms with Crippen molar-refractivity contribution in [2.45, 2.75) is 5.75 Å². The number of ether oxygens (including phenoxy) is 1. The zero-order chi connectivity index (χ0) is 17.7. The molecular weight excluding hydrogens is 373 g/mol. The molecule has 0 saturated carbocycles. The first kappa shape index (κ1) is 18.6. The number of carbonyl (C=O) groups excluding carboxylic acids is 1. The maximum absolute atomic E-state index is 12.1. The number of nitrogens with one attached hydrogen (secondary N) is 1. The summed E-state index contributed by atoms with van der Waals surface area (Å²) in [5.41, 5.74) is 0.965. The van der Waals surface area contributed by atoms with Crippen molar-refractivity contribution in [1.82, 2.24) is 0 Å². The number of anilines is 1. The van der Waals surface area contributed by atoms with Gasteiger partial charge in [0.15, 0.2) is 9.84 Å². The van der Waals surface area contributed by atoms with E-state index in [0.717, 1.165) is 0 Å². The highest BCUT2D eigenvalue weighted by atomic mass is 35.5. The molecule has 5 nitrogen and oxygen atoms in total. The molecule has 0 bridgehead atoms. The second kappa shape index (κ2) is 7.88. The van der Waals surface area contributed by atoms with Crippen LogP contribution in [0.1, 0.15) is 5.56 Å². The number of hydrogen-bond acceptors (Lipinski definition) is 4. The smallest absolute Gasteiger partial charge is 0.239 e. The number of hydrogen-bond donors (Lipinski definition) is 1. The van der Waals surface area contributed by atoms with E-state index in [4.69, 9.17) is 27.9 Å². The second-order valence-corrected chi connectivity index (χ2v) is 7.94. The third kappa shape index (κ3) is 5.40. The van der Waals surface area contributed by atoms with Gasteiger partial charge in [0.1, 0.15) is 11.5 Å². The van der Waals surface area contributed by atoms with Gasteiger partial charge in [-0.3, -0.25) is 4.79 Å². The first-order valence-electron chi connectivity index (χ1n) is 6.87. The van der Waals surface area contributed by atoms with E-state index in [1.54, 1.807) is 30.3 Å². The maximum atomic E-state index is 12.1. The summed E-state index contributed by atoms with van der Waals surface area (Å²) >= 11 is 11.7. The fraction of sp³-hybridized carbons (Fsp3) is 0.188. The normalized spacial score (nSPS) is 11.1. The summed E-state index contributed by atoms with van der Waals surface area (Å²) in [6, 6.07) is 11.1. The van der Waals surface area contributed by atoms with Crippen LogP contribution in [0.25, 0.3) is 0 Å². The minimum Gasteiger partial charge on any atom is -0.497 e. The van der Waals surface area contributed by atoms with E-state index in [2.05, 4.69) is 5.32 Å². The second-order valence-electron chi connectivity index (χ2n) is 5.06. The van der Waals surface area contributed by atoms with E-state index in [9.17, 15) is 13.2 Å². The van der Waals surface area contributed by atoms with Crippen LogP contribution in [0.3, 0.4) is 0 Å². The van der Waals surface area contributed by atoms with Crippen LogP contribution in [0.5, 0.6) is 5.75 Å². The summed E-state index contributed by atoms with van der Waals surface area (Å²) in [5.74, 6) is -0.889. The molecule has 0 spiro atoms. The molecule has 8 heteroatoms. The number of benzene rings is 2. The zero-order valence-electron chi connectivity index (χ0n) is 12.8. The highest BCUT2D eigenvalue weighted by molar-refractivity contribution is 7.91. The van der Waals surface area contributed by atoms with Crippen molar-refractivity contribution in [2.24, 2.45) is 0 Å². The minimum atomic E-state index is -3.63. The molecule has 0 aromatic heterocycles. The van der Waals surface area contributed by atoms with E-state index in [0.29, 0.717) is 22.0 Å². The molecule has 0 aliphatic rings. The molecule has 2 aromatic carbocycles. The lowest BCUT2D eigenvalue weighted by Crippen LogP contribution is -2.23. The quantitative estimate of drug-likeness (QED) is 0.822. The molecule has 24 heavy (non-hydrogen) atoms. The molecule has 1 N–H and O–H groups in total. The topological polar surface area (TPSA) is 72.5 Å². The molecule has 0 radical (unpaired) electrons. The third-order valence-electron chi connectivity index (χ3n) is 3.10. The largest absolute Gasteiger partial charge is 0.497 e. The monoisotopic (exact) mass is 387 g/mol. The van der Waals surface area contributed by atoms with Crippen molar-refractivity contribution in [3.63, 3.8) is 0 Å². The number of methoxy groups -OCH3 is 1. The summed E-state index contributed by atoms with van der Waals surface area (Å²) in [5, 5.41) is 3.15. The summed E-state index contributed by atoms with van der Waals surface area (Å²) in [6.45, 7) is 0. The summed E-state index contributed by atoms with van der Waals surface area (Å²) in [4.78, 5) is 11.9. The first-order valence-corrected chi connectivity index (χ1v) is 9.45. The average molecular weight is 388 g/mol. The zero-order valence-corrected chi connectivity index (χ0v) is 15.1. The van der Waals surface area contributed by atoms with Crippen LogP contribution in [0, 0.1) is 0 Å². The number of rotatable bonds is 6. The van der Waals surface area contributed by atoms with Crippen LogP contribution in [0.4, 0.5) is 5.69 Å². The van der Waals surface area contributed by atoms with E-state index in [-0.39, 0.29) is 10.8 Å². The standard InChI is InChI=1S/C16H15Cl2NO4S/c1-23-13-5-3-12(4-6-13)19-16(20)10-24(21,22)9-11-2-7-14(17)15(18)8-11/h2-8H,9-10H2,1H3,(H,19,20). The lowest BCUT2D eigenvalue weighted by molar-refractivity contribution is -0.113. The van der Waals surface area contributed by atoms with Crippen molar-refractivity contribution in [1.29, 1.82) is 0 Å². The maximum Gasteiger partial charge on any atom is 0.239 e. The van der Waals surface area contributed by atoms with Crippen molar-refractivity contribution in [3.05, 3.63) is 58.1 Å². The number of halogens is 2. The van der Waals surface area contributed by atoms with Crippen LogP contribution in [0.15, 0.2) is 42.5 Å². The Kier molecular flexibility index (Phi) is 6.10. The van der Waals surface area contributed by atoms with E-state index in [1.165, 1.54) is 19.2 Å². The third-order valence-corrected chi connectivity index (χ3v) is 5.31. The van der Waals surface area contributed by atoms with Gasteiger partial charge in [0, 0.05) is 5.69 Å². The molecule has 0 unspecified atom stereocenters. The Labute approximate surface area is 150 Å². The Hall–Kier alpha value is -1.76. The lowest BCUT2D eigenvalue weighted by atomic mass is 10.2. The van der Waals surface area contributed by atoms with Gasteiger partial charge in [0.2, 0.25) is 5.91 Å². The van der Waals surface area contributed by atoms with Crippen LogP contribution in [-0.2, 0) is 20.4 Å². The van der Waals surface area contributed by atoms with Gasteiger partial charge in [-0.15, -0.1) is 0 Å². The Balaban J connectivity index is 1.99. The highest BCUT2D eigenvalue weighted by Gasteiger charge is 2.18. The number of amides is 1. The van der Waals surface area contributed by atoms with Gasteiger partial charge >= 0.3 is 0 Å². The molecule has 0 fully saturated rings. The Morgan fingerprint density at radius 1 is 1.08 bits per heavy atom. The molecular formula is C16H15Cl2NO4S. The van der Waals surface area contributed by atoms with E-state index >= 15 is 0 Å². The minimum absolute atomic E-state index is 0.270. The molecule has 0 aliphatic carbocycles. The van der Waals surface area contributed by atoms with E-state index in [1.807, 2.05) is 0 Å². The van der Waals surface area contributed by atoms with Crippen molar-refractivity contribution >= 4 is 44.6 Å². The van der Waals surface area contributed by atoms with Crippen molar-refractivity contribution in [3.8, 4) is 5.75 Å². The molecule has 2 rings (SSSR count). The fourth-order valence-corrected chi connectivity index (χ4v) is 3.59. The summed E-state index contributed by atoms with van der Waals surface area (Å²) in [7, 11) is -2.10. The molecule has 128 valence electrons. The Morgan fingerprint density at radius 2 is 1.75 bits per heavy atom. The van der Waals surface area contributed by atoms with Crippen LogP contribution < -0.4 is 10.1 Å². The summed E-state index contributed by atoms with van der Waals surface area (Å²) in [6.07, 6.45) is 0. The van der Waals surface area contributed by atoms with Gasteiger partial charge in [-0.25, -0.2) is 8.42 Å². The van der Waals surface area contributed by atoms with Gasteiger partial charge < -0.3 is 10.1 Å². The molecule has 0 heterocycles. The lowest BCUT2D eigenvalue weighted by Gasteiger charge is -2.08. The van der Waals surface area contributed by atoms with Crippen LogP contribution >= 0.6 is 23.2 Å². The summed E-state index contributed by atoms with van der Waals surface area (Å²) < 4.78 is 29.3. The highest BCUT2D eigenvalue weighted by Crippen LogP contribution is 2.23. The molecule has 0 aliphatic heterocycles. The fourth-order valence-electron chi connectivity index (χ4n) is 2.01. The Bertz CT molecular complexity index is 836. The first-order chi connectivity index (χ1) is 11.3. The van der Waals surface area contributed by atoms with Crippen molar-refractivity contribution in [2.75, 3.05) is 18.2 Å². The SMILES string of the molecule is COc1ccc(NC(=O)CS(=O)(=O)Cc2ccc(Cl)c(Cl)c2)cc1. The predicted molar refractivity (Wildman–Crippen MR) is 95.6 cm³/mol. The molecule has 0 saturated heterocycles. The van der Waals surface area contributed by atoms with Crippen LogP contribution in [0.2, 0.25) is 10.0 Å². The molecule has 2 aromatic rings.